The van der Waals surface area contributed by atoms with Crippen LogP contribution in [0.15, 0.2) is 30.5 Å². The lowest BCUT2D eigenvalue weighted by atomic mass is 9.95. The van der Waals surface area contributed by atoms with Crippen LogP contribution in [0.3, 0.4) is 0 Å². The quantitative estimate of drug-likeness (QED) is 0.601. The molecule has 1 aromatic carbocycles. The van der Waals surface area contributed by atoms with E-state index in [0.717, 1.165) is 22.7 Å². The molecule has 3 aromatic rings. The van der Waals surface area contributed by atoms with Crippen LogP contribution in [0.2, 0.25) is 0 Å². The summed E-state index contributed by atoms with van der Waals surface area (Å²) in [5.41, 5.74) is 3.45. The van der Waals surface area contributed by atoms with Crippen molar-refractivity contribution in [2.75, 3.05) is 30.8 Å². The number of hydrogen-bond donors (Lipinski definition) is 3. The van der Waals surface area contributed by atoms with Crippen molar-refractivity contribution in [3.8, 4) is 5.75 Å². The van der Waals surface area contributed by atoms with E-state index in [0.29, 0.717) is 30.3 Å². The van der Waals surface area contributed by atoms with Crippen LogP contribution in [0.5, 0.6) is 5.75 Å². The Morgan fingerprint density at radius 2 is 2.07 bits per heavy atom. The van der Waals surface area contributed by atoms with Crippen molar-refractivity contribution in [2.24, 2.45) is 5.41 Å². The fourth-order valence-electron chi connectivity index (χ4n) is 3.16. The summed E-state index contributed by atoms with van der Waals surface area (Å²) in [5.74, 6) is 1.15. The van der Waals surface area contributed by atoms with Crippen LogP contribution in [-0.4, -0.2) is 40.7 Å². The van der Waals surface area contributed by atoms with Crippen LogP contribution in [0, 0.1) is 12.3 Å². The number of nitrogens with zero attached hydrogens (tertiary/aromatic N) is 3. The summed E-state index contributed by atoms with van der Waals surface area (Å²) in [4.78, 5) is 17.1. The van der Waals surface area contributed by atoms with Crippen molar-refractivity contribution in [3.63, 3.8) is 0 Å². The molecule has 0 saturated carbocycles. The third kappa shape index (κ3) is 3.45. The topological polar surface area (TPSA) is 92.6 Å². The number of fused-ring (bicyclic) bond motifs is 3. The SMILES string of the molecule is CNc1cc2nn3c(cnc13)C(=O)NCC(C)(C)COc1cc(C)cc(c1)N2. The van der Waals surface area contributed by atoms with Gasteiger partial charge in [-0.25, -0.2) is 9.50 Å². The van der Waals surface area contributed by atoms with E-state index in [4.69, 9.17) is 4.74 Å². The summed E-state index contributed by atoms with van der Waals surface area (Å²) in [6.45, 7) is 7.08. The second-order valence-electron chi connectivity index (χ2n) is 7.87. The van der Waals surface area contributed by atoms with Crippen LogP contribution in [0.4, 0.5) is 17.2 Å². The molecule has 8 nitrogen and oxygen atoms in total. The monoisotopic (exact) mass is 380 g/mol. The van der Waals surface area contributed by atoms with Crippen molar-refractivity contribution in [1.82, 2.24) is 19.9 Å². The third-order valence-corrected chi connectivity index (χ3v) is 4.65. The van der Waals surface area contributed by atoms with Gasteiger partial charge in [-0.2, -0.15) is 0 Å². The molecule has 4 rings (SSSR count). The molecule has 0 radical (unpaired) electrons. The number of aryl methyl sites for hydroxylation is 1. The number of benzene rings is 1. The molecule has 3 N–H and O–H groups in total. The molecular formula is C20H24N6O2. The molecule has 0 atom stereocenters. The maximum atomic E-state index is 12.8. The van der Waals surface area contributed by atoms with Gasteiger partial charge in [-0.1, -0.05) is 13.8 Å². The first-order chi connectivity index (χ1) is 13.3. The lowest BCUT2D eigenvalue weighted by Crippen LogP contribution is -2.38. The Morgan fingerprint density at radius 3 is 2.86 bits per heavy atom. The molecule has 1 aliphatic rings. The highest BCUT2D eigenvalue weighted by molar-refractivity contribution is 5.94. The predicted molar refractivity (Wildman–Crippen MR) is 109 cm³/mol. The van der Waals surface area contributed by atoms with E-state index < -0.39 is 0 Å². The number of ether oxygens (including phenoxy) is 1. The molecule has 0 aliphatic carbocycles. The average Bonchev–Trinajstić information content (AvgIpc) is 3.07. The van der Waals surface area contributed by atoms with Gasteiger partial charge in [0, 0.05) is 36.8 Å². The highest BCUT2D eigenvalue weighted by Gasteiger charge is 2.23. The maximum Gasteiger partial charge on any atom is 0.271 e. The Kier molecular flexibility index (Phi) is 4.33. The molecule has 0 unspecified atom stereocenters. The van der Waals surface area contributed by atoms with E-state index in [2.05, 4.69) is 39.9 Å². The van der Waals surface area contributed by atoms with Crippen molar-refractivity contribution in [3.05, 3.63) is 41.7 Å². The number of hydrogen-bond acceptors (Lipinski definition) is 6. The van der Waals surface area contributed by atoms with E-state index in [1.807, 2.05) is 38.2 Å². The summed E-state index contributed by atoms with van der Waals surface area (Å²) < 4.78 is 7.59. The van der Waals surface area contributed by atoms with E-state index in [1.165, 1.54) is 0 Å². The number of imidazole rings is 1. The Labute approximate surface area is 163 Å². The molecule has 4 bridgehead atoms. The minimum atomic E-state index is -0.244. The summed E-state index contributed by atoms with van der Waals surface area (Å²) >= 11 is 0. The highest BCUT2D eigenvalue weighted by Crippen LogP contribution is 2.27. The van der Waals surface area contributed by atoms with Crippen molar-refractivity contribution < 1.29 is 9.53 Å². The van der Waals surface area contributed by atoms with Crippen molar-refractivity contribution in [1.29, 1.82) is 0 Å². The van der Waals surface area contributed by atoms with Gasteiger partial charge in [0.1, 0.15) is 5.75 Å². The zero-order chi connectivity index (χ0) is 19.9. The van der Waals surface area contributed by atoms with Crippen molar-refractivity contribution in [2.45, 2.75) is 20.8 Å². The Morgan fingerprint density at radius 1 is 1.25 bits per heavy atom. The number of carbonyl (C=O) groups is 1. The molecule has 1 amide bonds. The van der Waals surface area contributed by atoms with Gasteiger partial charge in [0.05, 0.1) is 18.5 Å². The van der Waals surface area contributed by atoms with Crippen LogP contribution < -0.4 is 20.7 Å². The Hall–Kier alpha value is -3.29. The standard InChI is InChI=1S/C20H24N6O2/c1-12-5-13-7-14(6-12)28-11-20(2,3)10-23-19(27)16-9-22-18-15(21-4)8-17(24-13)25-26(16)18/h5-9,21H,10-11H2,1-4H3,(H,23,27)(H,24,25). The number of aromatic nitrogens is 3. The lowest BCUT2D eigenvalue weighted by Gasteiger charge is -2.25. The van der Waals surface area contributed by atoms with E-state index >= 15 is 0 Å². The predicted octanol–water partition coefficient (Wildman–Crippen LogP) is 2.97. The molecule has 1 aliphatic heterocycles. The van der Waals surface area contributed by atoms with Gasteiger partial charge in [-0.15, -0.1) is 5.10 Å². The fourth-order valence-corrected chi connectivity index (χ4v) is 3.16. The molecule has 0 fully saturated rings. The van der Waals surface area contributed by atoms with Gasteiger partial charge in [-0.3, -0.25) is 4.79 Å². The van der Waals surface area contributed by atoms with E-state index in [1.54, 1.807) is 10.7 Å². The van der Waals surface area contributed by atoms with Crippen LogP contribution in [0.25, 0.3) is 5.65 Å². The number of carbonyl (C=O) groups excluding carboxylic acids is 1. The second kappa shape index (κ2) is 6.70. The Balaban J connectivity index is 1.87. The first-order valence-electron chi connectivity index (χ1n) is 9.21. The number of nitrogens with one attached hydrogen (secondary N) is 3. The molecule has 28 heavy (non-hydrogen) atoms. The van der Waals surface area contributed by atoms with Crippen molar-refractivity contribution >= 4 is 28.7 Å². The number of anilines is 3. The average molecular weight is 380 g/mol. The fraction of sp³-hybridized carbons (Fsp3) is 0.350. The van der Waals surface area contributed by atoms with Gasteiger partial charge in [-0.05, 0) is 24.6 Å². The molecule has 0 spiro atoms. The largest absolute Gasteiger partial charge is 0.493 e. The van der Waals surface area contributed by atoms with Crippen LogP contribution >= 0.6 is 0 Å². The first kappa shape index (κ1) is 18.1. The minimum absolute atomic E-state index is 0.223. The van der Waals surface area contributed by atoms with Gasteiger partial charge >= 0.3 is 0 Å². The highest BCUT2D eigenvalue weighted by atomic mass is 16.5. The Bertz CT molecular complexity index is 1060. The summed E-state index contributed by atoms with van der Waals surface area (Å²) in [5, 5.41) is 14.0. The minimum Gasteiger partial charge on any atom is -0.493 e. The molecule has 146 valence electrons. The summed E-state index contributed by atoms with van der Waals surface area (Å²) in [6, 6.07) is 7.83. The smallest absolute Gasteiger partial charge is 0.271 e. The maximum absolute atomic E-state index is 12.8. The van der Waals surface area contributed by atoms with E-state index in [9.17, 15) is 4.79 Å². The molecular weight excluding hydrogens is 356 g/mol. The second-order valence-corrected chi connectivity index (χ2v) is 7.87. The van der Waals surface area contributed by atoms with Gasteiger partial charge in [0.25, 0.3) is 5.91 Å². The van der Waals surface area contributed by atoms with Crippen LogP contribution in [0.1, 0.15) is 29.9 Å². The zero-order valence-corrected chi connectivity index (χ0v) is 16.5. The molecule has 0 saturated heterocycles. The zero-order valence-electron chi connectivity index (χ0n) is 16.5. The molecule has 2 aromatic heterocycles. The third-order valence-electron chi connectivity index (χ3n) is 4.65. The number of rotatable bonds is 1. The van der Waals surface area contributed by atoms with Gasteiger partial charge < -0.3 is 20.7 Å². The van der Waals surface area contributed by atoms with E-state index in [-0.39, 0.29) is 11.3 Å². The van der Waals surface area contributed by atoms with Gasteiger partial charge in [0.2, 0.25) is 0 Å². The summed E-state index contributed by atoms with van der Waals surface area (Å²) in [6.07, 6.45) is 1.54. The normalized spacial score (nSPS) is 16.1. The molecule has 3 heterocycles. The lowest BCUT2D eigenvalue weighted by molar-refractivity contribution is 0.0912. The van der Waals surface area contributed by atoms with Crippen LogP contribution in [-0.2, 0) is 0 Å². The number of amides is 1. The first-order valence-corrected chi connectivity index (χ1v) is 9.21. The molecule has 8 heteroatoms. The summed E-state index contributed by atoms with van der Waals surface area (Å²) in [7, 11) is 1.81. The van der Waals surface area contributed by atoms with Gasteiger partial charge in [0.15, 0.2) is 17.2 Å².